The minimum Gasteiger partial charge on any atom is -0.335 e. The molecular formula is C19H27N5O. The molecular weight excluding hydrogens is 314 g/mol. The molecule has 3 heterocycles. The van der Waals surface area contributed by atoms with Gasteiger partial charge in [0.25, 0.3) is 0 Å². The van der Waals surface area contributed by atoms with Gasteiger partial charge < -0.3 is 14.8 Å². The number of imidazole rings is 1. The molecule has 2 aromatic heterocycles. The number of aromatic nitrogens is 3. The first kappa shape index (κ1) is 16.4. The highest BCUT2D eigenvalue weighted by molar-refractivity contribution is 5.75. The number of hydrogen-bond acceptors (Lipinski definition) is 3. The van der Waals surface area contributed by atoms with Crippen molar-refractivity contribution in [2.45, 2.75) is 64.0 Å². The van der Waals surface area contributed by atoms with E-state index in [4.69, 9.17) is 4.98 Å². The number of nitrogens with one attached hydrogen (secondary N) is 1. The number of nitrogens with zero attached hydrogens (tertiary/aromatic N) is 4. The predicted molar refractivity (Wildman–Crippen MR) is 97.5 cm³/mol. The number of fused-ring (bicyclic) bond motifs is 1. The molecule has 2 aliphatic rings. The monoisotopic (exact) mass is 341 g/mol. The summed E-state index contributed by atoms with van der Waals surface area (Å²) in [4.78, 5) is 23.9. The first-order valence-electron chi connectivity index (χ1n) is 9.63. The first-order valence-corrected chi connectivity index (χ1v) is 9.63. The van der Waals surface area contributed by atoms with E-state index in [0.29, 0.717) is 12.0 Å². The van der Waals surface area contributed by atoms with Crippen molar-refractivity contribution in [3.05, 3.63) is 24.2 Å². The molecule has 0 bridgehead atoms. The maximum Gasteiger partial charge on any atom is 0.317 e. The smallest absolute Gasteiger partial charge is 0.317 e. The van der Waals surface area contributed by atoms with E-state index in [-0.39, 0.29) is 6.03 Å². The largest absolute Gasteiger partial charge is 0.335 e. The molecule has 0 unspecified atom stereocenters. The predicted octanol–water partition coefficient (Wildman–Crippen LogP) is 3.28. The van der Waals surface area contributed by atoms with Gasteiger partial charge in [0.2, 0.25) is 0 Å². The zero-order valence-corrected chi connectivity index (χ0v) is 14.9. The van der Waals surface area contributed by atoms with Crippen molar-refractivity contribution in [3.63, 3.8) is 0 Å². The van der Waals surface area contributed by atoms with Gasteiger partial charge in [0, 0.05) is 37.8 Å². The van der Waals surface area contributed by atoms with Crippen LogP contribution in [0.15, 0.2) is 18.3 Å². The molecule has 2 fully saturated rings. The van der Waals surface area contributed by atoms with E-state index >= 15 is 0 Å². The Bertz CT molecular complexity index is 749. The van der Waals surface area contributed by atoms with Crippen molar-refractivity contribution in [2.75, 3.05) is 13.1 Å². The van der Waals surface area contributed by atoms with Crippen LogP contribution in [0.25, 0.3) is 11.2 Å². The summed E-state index contributed by atoms with van der Waals surface area (Å²) in [6.07, 6.45) is 8.58. The summed E-state index contributed by atoms with van der Waals surface area (Å²) in [7, 11) is 0. The van der Waals surface area contributed by atoms with Crippen molar-refractivity contribution in [1.29, 1.82) is 0 Å². The van der Waals surface area contributed by atoms with Gasteiger partial charge in [0.1, 0.15) is 11.3 Å². The highest BCUT2D eigenvalue weighted by Gasteiger charge is 2.32. The van der Waals surface area contributed by atoms with Crippen LogP contribution in [0.4, 0.5) is 4.79 Å². The van der Waals surface area contributed by atoms with E-state index in [1.165, 1.54) is 12.8 Å². The fourth-order valence-electron chi connectivity index (χ4n) is 4.22. The molecule has 1 aliphatic carbocycles. The Balaban J connectivity index is 1.50. The number of pyridine rings is 1. The lowest BCUT2D eigenvalue weighted by Crippen LogP contribution is -2.42. The second kappa shape index (κ2) is 7.02. The van der Waals surface area contributed by atoms with Crippen molar-refractivity contribution in [1.82, 2.24) is 24.8 Å². The lowest BCUT2D eigenvalue weighted by atomic mass is 10.1. The topological polar surface area (TPSA) is 63.1 Å². The maximum atomic E-state index is 12.5. The zero-order valence-electron chi connectivity index (χ0n) is 14.9. The highest BCUT2D eigenvalue weighted by atomic mass is 16.2. The van der Waals surface area contributed by atoms with Gasteiger partial charge in [-0.1, -0.05) is 19.8 Å². The van der Waals surface area contributed by atoms with Gasteiger partial charge in [-0.3, -0.25) is 0 Å². The second-order valence-corrected chi connectivity index (χ2v) is 7.33. The summed E-state index contributed by atoms with van der Waals surface area (Å²) >= 11 is 0. The number of hydrogen-bond donors (Lipinski definition) is 1. The van der Waals surface area contributed by atoms with Gasteiger partial charge >= 0.3 is 6.03 Å². The molecule has 6 nitrogen and oxygen atoms in total. The molecule has 4 rings (SSSR count). The molecule has 2 amide bonds. The van der Waals surface area contributed by atoms with Gasteiger partial charge in [0.05, 0.1) is 0 Å². The Hall–Kier alpha value is -2.11. The van der Waals surface area contributed by atoms with Gasteiger partial charge in [-0.05, 0) is 37.8 Å². The van der Waals surface area contributed by atoms with Crippen molar-refractivity contribution >= 4 is 17.2 Å². The van der Waals surface area contributed by atoms with Gasteiger partial charge in [-0.15, -0.1) is 0 Å². The average molecular weight is 341 g/mol. The molecule has 0 aromatic carbocycles. The van der Waals surface area contributed by atoms with Crippen LogP contribution in [0.3, 0.4) is 0 Å². The Morgan fingerprint density at radius 1 is 1.32 bits per heavy atom. The molecule has 134 valence electrons. The van der Waals surface area contributed by atoms with Crippen LogP contribution in [0, 0.1) is 0 Å². The zero-order chi connectivity index (χ0) is 17.2. The molecule has 6 heteroatoms. The van der Waals surface area contributed by atoms with Crippen molar-refractivity contribution in [2.24, 2.45) is 0 Å². The van der Waals surface area contributed by atoms with E-state index in [1.807, 2.05) is 23.2 Å². The minimum atomic E-state index is 0.102. The summed E-state index contributed by atoms with van der Waals surface area (Å²) < 4.78 is 2.25. The third-order valence-electron chi connectivity index (χ3n) is 5.50. The third-order valence-corrected chi connectivity index (χ3v) is 5.50. The Morgan fingerprint density at radius 3 is 2.96 bits per heavy atom. The minimum absolute atomic E-state index is 0.102. The SMILES string of the molecule is CCCn1c([C@@H]2CCN(C(=O)NC3CCCC3)C2)nc2cccnc21. The van der Waals surface area contributed by atoms with Crippen LogP contribution < -0.4 is 5.32 Å². The normalized spacial score (nSPS) is 21.3. The molecule has 25 heavy (non-hydrogen) atoms. The van der Waals surface area contributed by atoms with E-state index in [0.717, 1.165) is 62.3 Å². The van der Waals surface area contributed by atoms with Crippen LogP contribution >= 0.6 is 0 Å². The number of aryl methyl sites for hydroxylation is 1. The Labute approximate surface area is 148 Å². The number of urea groups is 1. The van der Waals surface area contributed by atoms with E-state index in [2.05, 4.69) is 21.8 Å². The fourth-order valence-corrected chi connectivity index (χ4v) is 4.22. The maximum absolute atomic E-state index is 12.5. The number of rotatable bonds is 4. The first-order chi connectivity index (χ1) is 12.3. The lowest BCUT2D eigenvalue weighted by Gasteiger charge is -2.20. The van der Waals surface area contributed by atoms with Crippen LogP contribution in [-0.4, -0.2) is 44.6 Å². The summed E-state index contributed by atoms with van der Waals surface area (Å²) in [5.41, 5.74) is 1.92. The highest BCUT2D eigenvalue weighted by Crippen LogP contribution is 2.29. The lowest BCUT2D eigenvalue weighted by molar-refractivity contribution is 0.204. The van der Waals surface area contributed by atoms with Crippen LogP contribution in [0.1, 0.15) is 57.2 Å². The summed E-state index contributed by atoms with van der Waals surface area (Å²) in [6.45, 7) is 4.67. The Kier molecular flexibility index (Phi) is 4.59. The molecule has 1 saturated carbocycles. The number of likely N-dealkylation sites (tertiary alicyclic amines) is 1. The molecule has 0 spiro atoms. The summed E-state index contributed by atoms with van der Waals surface area (Å²) in [5.74, 6) is 1.39. The number of amides is 2. The molecule has 2 aromatic rings. The van der Waals surface area contributed by atoms with Crippen molar-refractivity contribution < 1.29 is 4.79 Å². The van der Waals surface area contributed by atoms with Crippen molar-refractivity contribution in [3.8, 4) is 0 Å². The van der Waals surface area contributed by atoms with Gasteiger partial charge in [-0.25, -0.2) is 14.8 Å². The van der Waals surface area contributed by atoms with E-state index in [1.54, 1.807) is 0 Å². The van der Waals surface area contributed by atoms with Crippen LogP contribution in [0.2, 0.25) is 0 Å². The number of carbonyl (C=O) groups excluding carboxylic acids is 1. The van der Waals surface area contributed by atoms with E-state index in [9.17, 15) is 4.79 Å². The Morgan fingerprint density at radius 2 is 2.16 bits per heavy atom. The summed E-state index contributed by atoms with van der Waals surface area (Å²) in [5, 5.41) is 3.21. The average Bonchev–Trinajstić information content (AvgIpc) is 3.34. The standard InChI is InChI=1S/C19H27N5O/c1-2-11-24-17(22-16-8-5-10-20-18(16)24)14-9-12-23(13-14)19(25)21-15-6-3-4-7-15/h5,8,10,14-15H,2-4,6-7,9,11-13H2,1H3,(H,21,25)/t14-/m1/s1. The molecule has 0 radical (unpaired) electrons. The van der Waals surface area contributed by atoms with Crippen LogP contribution in [0.5, 0.6) is 0 Å². The molecule has 1 N–H and O–H groups in total. The summed E-state index contributed by atoms with van der Waals surface area (Å²) in [6, 6.07) is 4.44. The van der Waals surface area contributed by atoms with E-state index < -0.39 is 0 Å². The van der Waals surface area contributed by atoms with Gasteiger partial charge in [-0.2, -0.15) is 0 Å². The molecule has 1 aliphatic heterocycles. The third kappa shape index (κ3) is 3.22. The van der Waals surface area contributed by atoms with Gasteiger partial charge in [0.15, 0.2) is 5.65 Å². The fraction of sp³-hybridized carbons (Fsp3) is 0.632. The van der Waals surface area contributed by atoms with Crippen LogP contribution in [-0.2, 0) is 6.54 Å². The number of carbonyl (C=O) groups is 1. The second-order valence-electron chi connectivity index (χ2n) is 7.33. The molecule has 1 saturated heterocycles. The molecule has 1 atom stereocenters. The quantitative estimate of drug-likeness (QED) is 0.928.